The van der Waals surface area contributed by atoms with Crippen LogP contribution >= 0.6 is 0 Å². The molecule has 0 saturated heterocycles. The van der Waals surface area contributed by atoms with Crippen LogP contribution < -0.4 is 4.48 Å². The average Bonchev–Trinajstić information content (AvgIpc) is 2.06. The van der Waals surface area contributed by atoms with E-state index < -0.39 is 0 Å². The summed E-state index contributed by atoms with van der Waals surface area (Å²) in [5, 5.41) is 9.02. The number of rotatable bonds is 2. The second kappa shape index (κ2) is 4.84. The topological polar surface area (TPSA) is 20.2 Å². The number of aliphatic hydroxyl groups excluding tert-OH is 1. The third-order valence-electron chi connectivity index (χ3n) is 1.81. The zero-order chi connectivity index (χ0) is 8.32. The Hall–Kier alpha value is -0.0613. The molecule has 1 aromatic rings. The van der Waals surface area contributed by atoms with Crippen LogP contribution in [0.25, 0.3) is 0 Å². The van der Waals surface area contributed by atoms with Crippen LogP contribution in [0.5, 0.6) is 0 Å². The Balaban J connectivity index is 0.00000121. The number of hydrogen-bond donors (Lipinski definition) is 1. The summed E-state index contributed by atoms with van der Waals surface area (Å²) in [4.78, 5) is 0. The first-order chi connectivity index (χ1) is 5.17. The summed E-state index contributed by atoms with van der Waals surface area (Å²) < 4.78 is 0.515. The Bertz CT molecular complexity index is 223. The van der Waals surface area contributed by atoms with E-state index in [1.165, 1.54) is 0 Å². The van der Waals surface area contributed by atoms with E-state index in [-0.39, 0.29) is 30.6 Å². The van der Waals surface area contributed by atoms with Gasteiger partial charge in [-0.05, 0) is 12.1 Å². The first-order valence-electron chi connectivity index (χ1n) is 3.66. The molecule has 0 saturated carbocycles. The standard InChI is InChI=1S/C9H14NO.Sn.4H/c1-10(2,8-11)9-6-4-3-5-7-9;;;;;/h3-7,11H,8H2,1-2H3;;;;;/q+1;;;;;. The Kier molecular flexibility index (Phi) is 4.82. The van der Waals surface area contributed by atoms with Gasteiger partial charge in [-0.2, -0.15) is 0 Å². The second-order valence-electron chi connectivity index (χ2n) is 3.16. The molecular weight excluding hydrogens is 257 g/mol. The zero-order valence-corrected chi connectivity index (χ0v) is 6.99. The summed E-state index contributed by atoms with van der Waals surface area (Å²) >= 11 is 0. The molecule has 68 valence electrons. The molecule has 0 aliphatic heterocycles. The number of nitrogens with zero attached hydrogens (tertiary/aromatic N) is 1. The average molecular weight is 275 g/mol. The molecule has 1 rings (SSSR count). The molecule has 0 bridgehead atoms. The maximum atomic E-state index is 9.02. The fourth-order valence-electron chi connectivity index (χ4n) is 0.913. The molecule has 0 fully saturated rings. The maximum absolute atomic E-state index is 9.02. The van der Waals surface area contributed by atoms with Crippen molar-refractivity contribution in [2.45, 2.75) is 0 Å². The molecular formula is C9H18NOSn+. The van der Waals surface area contributed by atoms with Gasteiger partial charge in [0.25, 0.3) is 0 Å². The van der Waals surface area contributed by atoms with E-state index in [1.807, 2.05) is 44.4 Å². The molecule has 0 aromatic heterocycles. The van der Waals surface area contributed by atoms with Crippen LogP contribution in [0.15, 0.2) is 30.3 Å². The number of quaternary nitrogens is 1. The molecule has 0 aliphatic rings. The number of benzene rings is 1. The summed E-state index contributed by atoms with van der Waals surface area (Å²) in [7, 11) is 3.94. The van der Waals surface area contributed by atoms with Gasteiger partial charge in [0.2, 0.25) is 0 Å². The van der Waals surface area contributed by atoms with E-state index in [1.54, 1.807) is 0 Å². The summed E-state index contributed by atoms with van der Waals surface area (Å²) in [5.41, 5.74) is 1.12. The van der Waals surface area contributed by atoms with E-state index in [0.29, 0.717) is 4.48 Å². The van der Waals surface area contributed by atoms with E-state index in [2.05, 4.69) is 0 Å². The predicted molar refractivity (Wildman–Crippen MR) is 58.5 cm³/mol. The van der Waals surface area contributed by atoms with Crippen molar-refractivity contribution in [3.63, 3.8) is 0 Å². The quantitative estimate of drug-likeness (QED) is 0.448. The summed E-state index contributed by atoms with van der Waals surface area (Å²) in [6.07, 6.45) is 0. The fraction of sp³-hybridized carbons (Fsp3) is 0.333. The van der Waals surface area contributed by atoms with Crippen molar-refractivity contribution in [2.24, 2.45) is 0 Å². The first kappa shape index (κ1) is 11.9. The molecule has 3 heteroatoms. The van der Waals surface area contributed by atoms with Gasteiger partial charge >= 0.3 is 23.9 Å². The molecule has 0 spiro atoms. The van der Waals surface area contributed by atoms with Crippen LogP contribution in [0.2, 0.25) is 0 Å². The van der Waals surface area contributed by atoms with Crippen molar-refractivity contribution >= 4 is 29.6 Å². The van der Waals surface area contributed by atoms with Crippen molar-refractivity contribution < 1.29 is 5.11 Å². The Morgan fingerprint density at radius 1 is 1.17 bits per heavy atom. The van der Waals surface area contributed by atoms with Crippen LogP contribution in [0.1, 0.15) is 0 Å². The van der Waals surface area contributed by atoms with Crippen LogP contribution in [0.3, 0.4) is 0 Å². The predicted octanol–water partition coefficient (Wildman–Crippen LogP) is -0.248. The van der Waals surface area contributed by atoms with Crippen LogP contribution in [0, 0.1) is 0 Å². The van der Waals surface area contributed by atoms with E-state index in [4.69, 9.17) is 5.11 Å². The van der Waals surface area contributed by atoms with E-state index in [0.717, 1.165) is 5.69 Å². The van der Waals surface area contributed by atoms with Crippen molar-refractivity contribution in [3.8, 4) is 0 Å². The van der Waals surface area contributed by atoms with Gasteiger partial charge in [0.15, 0.2) is 6.73 Å². The Labute approximate surface area is 90.4 Å². The molecule has 0 atom stereocenters. The molecule has 0 heterocycles. The third kappa shape index (κ3) is 2.77. The zero-order valence-electron chi connectivity index (χ0n) is 6.99. The molecule has 1 aromatic carbocycles. The second-order valence-corrected chi connectivity index (χ2v) is 3.16. The van der Waals surface area contributed by atoms with Gasteiger partial charge in [0.05, 0.1) is 14.1 Å². The molecule has 0 amide bonds. The van der Waals surface area contributed by atoms with Gasteiger partial charge in [-0.15, -0.1) is 0 Å². The molecule has 0 unspecified atom stereocenters. The normalized spacial score (nSPS) is 10.6. The number of hydrogen-bond acceptors (Lipinski definition) is 1. The van der Waals surface area contributed by atoms with Gasteiger partial charge in [0, 0.05) is 0 Å². The van der Waals surface area contributed by atoms with Crippen molar-refractivity contribution in [3.05, 3.63) is 30.3 Å². The molecule has 12 heavy (non-hydrogen) atoms. The van der Waals surface area contributed by atoms with Gasteiger partial charge in [0.1, 0.15) is 5.69 Å². The number of aliphatic hydroxyl groups is 1. The third-order valence-corrected chi connectivity index (χ3v) is 1.81. The van der Waals surface area contributed by atoms with E-state index >= 15 is 0 Å². The fourth-order valence-corrected chi connectivity index (χ4v) is 0.913. The minimum absolute atomic E-state index is 0. The van der Waals surface area contributed by atoms with Gasteiger partial charge in [-0.1, -0.05) is 18.2 Å². The van der Waals surface area contributed by atoms with Crippen LogP contribution in [-0.2, 0) is 0 Å². The molecule has 0 aliphatic carbocycles. The SMILES string of the molecule is C[N+](C)(CO)c1ccccc1.[SnH4]. The Morgan fingerprint density at radius 3 is 2.08 bits per heavy atom. The van der Waals surface area contributed by atoms with Crippen molar-refractivity contribution in [2.75, 3.05) is 20.8 Å². The molecule has 2 nitrogen and oxygen atoms in total. The van der Waals surface area contributed by atoms with Crippen LogP contribution in [0.4, 0.5) is 5.69 Å². The van der Waals surface area contributed by atoms with Crippen LogP contribution in [-0.4, -0.2) is 49.8 Å². The summed E-state index contributed by atoms with van der Waals surface area (Å²) in [6, 6.07) is 9.95. The van der Waals surface area contributed by atoms with Crippen molar-refractivity contribution in [1.29, 1.82) is 0 Å². The van der Waals surface area contributed by atoms with Gasteiger partial charge in [-0.3, -0.25) is 4.48 Å². The molecule has 0 radical (unpaired) electrons. The monoisotopic (exact) mass is 276 g/mol. The summed E-state index contributed by atoms with van der Waals surface area (Å²) in [6.45, 7) is 0.129. The summed E-state index contributed by atoms with van der Waals surface area (Å²) in [5.74, 6) is 0. The van der Waals surface area contributed by atoms with Gasteiger partial charge < -0.3 is 5.11 Å². The van der Waals surface area contributed by atoms with Crippen molar-refractivity contribution in [1.82, 2.24) is 4.48 Å². The first-order valence-corrected chi connectivity index (χ1v) is 3.66. The minimum atomic E-state index is 0. The molecule has 1 N–H and O–H groups in total. The van der Waals surface area contributed by atoms with Gasteiger partial charge in [-0.25, -0.2) is 0 Å². The Morgan fingerprint density at radius 2 is 1.67 bits per heavy atom. The number of para-hydroxylation sites is 1. The van der Waals surface area contributed by atoms with E-state index in [9.17, 15) is 0 Å².